The summed E-state index contributed by atoms with van der Waals surface area (Å²) in [7, 11) is 0. The van der Waals surface area contributed by atoms with Gasteiger partial charge in [0, 0.05) is 19.1 Å². The number of aliphatic carboxylic acids is 1. The van der Waals surface area contributed by atoms with Crippen LogP contribution < -0.4 is 0 Å². The number of benzene rings is 1. The molecule has 0 aromatic heterocycles. The SMILES string of the molecule is CCC(c1ccc(F)cc1)N1CCOC(C(=O)O)C1. The van der Waals surface area contributed by atoms with Gasteiger partial charge in [-0.25, -0.2) is 9.18 Å². The van der Waals surface area contributed by atoms with Gasteiger partial charge in [-0.2, -0.15) is 0 Å². The molecular weight excluding hydrogens is 249 g/mol. The lowest BCUT2D eigenvalue weighted by Crippen LogP contribution is -2.47. The first-order valence-electron chi connectivity index (χ1n) is 6.45. The molecule has 1 aromatic carbocycles. The van der Waals surface area contributed by atoms with E-state index in [4.69, 9.17) is 9.84 Å². The fraction of sp³-hybridized carbons (Fsp3) is 0.500. The topological polar surface area (TPSA) is 49.8 Å². The molecule has 0 amide bonds. The van der Waals surface area contributed by atoms with Crippen molar-refractivity contribution in [2.75, 3.05) is 19.7 Å². The molecule has 0 bridgehead atoms. The first-order valence-corrected chi connectivity index (χ1v) is 6.45. The molecule has 2 atom stereocenters. The van der Waals surface area contributed by atoms with Gasteiger partial charge in [-0.05, 0) is 24.1 Å². The number of ether oxygens (including phenoxy) is 1. The van der Waals surface area contributed by atoms with Gasteiger partial charge in [0.25, 0.3) is 0 Å². The molecule has 0 spiro atoms. The van der Waals surface area contributed by atoms with Crippen molar-refractivity contribution in [3.05, 3.63) is 35.6 Å². The Labute approximate surface area is 111 Å². The molecule has 1 aliphatic rings. The third kappa shape index (κ3) is 3.30. The van der Waals surface area contributed by atoms with Gasteiger partial charge < -0.3 is 9.84 Å². The second kappa shape index (κ2) is 6.12. The molecule has 1 heterocycles. The number of rotatable bonds is 4. The highest BCUT2D eigenvalue weighted by Crippen LogP contribution is 2.26. The van der Waals surface area contributed by atoms with Gasteiger partial charge in [0.2, 0.25) is 0 Å². The second-order valence-electron chi connectivity index (χ2n) is 4.67. The van der Waals surface area contributed by atoms with Crippen LogP contribution >= 0.6 is 0 Å². The summed E-state index contributed by atoms with van der Waals surface area (Å²) in [6, 6.07) is 6.50. The molecule has 0 radical (unpaired) electrons. The summed E-state index contributed by atoms with van der Waals surface area (Å²) in [6.07, 6.45) is 0.0704. The standard InChI is InChI=1S/C14H18FNO3/c1-2-12(10-3-5-11(15)6-4-10)16-7-8-19-13(9-16)14(17)18/h3-6,12-13H,2,7-9H2,1H3,(H,17,18). The maximum atomic E-state index is 13.0. The van der Waals surface area contributed by atoms with E-state index in [1.807, 2.05) is 6.92 Å². The largest absolute Gasteiger partial charge is 0.479 e. The predicted octanol–water partition coefficient (Wildman–Crippen LogP) is 2.06. The Morgan fingerprint density at radius 3 is 2.79 bits per heavy atom. The molecule has 5 heteroatoms. The number of halogens is 1. The zero-order chi connectivity index (χ0) is 13.8. The Kier molecular flexibility index (Phi) is 4.50. The number of carboxylic acid groups (broad SMARTS) is 1. The van der Waals surface area contributed by atoms with Crippen molar-refractivity contribution in [1.29, 1.82) is 0 Å². The van der Waals surface area contributed by atoms with Crippen molar-refractivity contribution < 1.29 is 19.0 Å². The van der Waals surface area contributed by atoms with Crippen LogP contribution in [-0.2, 0) is 9.53 Å². The number of nitrogens with zero attached hydrogens (tertiary/aromatic N) is 1. The molecular formula is C14H18FNO3. The quantitative estimate of drug-likeness (QED) is 0.907. The van der Waals surface area contributed by atoms with Crippen LogP contribution in [0.1, 0.15) is 24.9 Å². The van der Waals surface area contributed by atoms with Gasteiger partial charge in [-0.3, -0.25) is 4.90 Å². The molecule has 1 fully saturated rings. The van der Waals surface area contributed by atoms with Gasteiger partial charge in [0.1, 0.15) is 5.82 Å². The first kappa shape index (κ1) is 14.0. The Hall–Kier alpha value is -1.46. The van der Waals surface area contributed by atoms with Gasteiger partial charge in [-0.1, -0.05) is 19.1 Å². The maximum Gasteiger partial charge on any atom is 0.334 e. The minimum atomic E-state index is -0.932. The predicted molar refractivity (Wildman–Crippen MR) is 68.4 cm³/mol. The zero-order valence-corrected chi connectivity index (χ0v) is 10.9. The molecule has 4 nitrogen and oxygen atoms in total. The maximum absolute atomic E-state index is 13.0. The lowest BCUT2D eigenvalue weighted by molar-refractivity contribution is -0.157. The molecule has 1 N–H and O–H groups in total. The summed E-state index contributed by atoms with van der Waals surface area (Å²) in [6.45, 7) is 3.51. The Balaban J connectivity index is 2.12. The lowest BCUT2D eigenvalue weighted by atomic mass is 10.0. The smallest absolute Gasteiger partial charge is 0.334 e. The van der Waals surface area contributed by atoms with Crippen molar-refractivity contribution in [1.82, 2.24) is 4.90 Å². The van der Waals surface area contributed by atoms with Crippen LogP contribution in [0.4, 0.5) is 4.39 Å². The average Bonchev–Trinajstić information content (AvgIpc) is 2.42. The summed E-state index contributed by atoms with van der Waals surface area (Å²) < 4.78 is 18.2. The number of carboxylic acids is 1. The minimum Gasteiger partial charge on any atom is -0.479 e. The molecule has 1 aliphatic heterocycles. The molecule has 1 saturated heterocycles. The van der Waals surface area contributed by atoms with Crippen LogP contribution in [0.25, 0.3) is 0 Å². The van der Waals surface area contributed by atoms with Crippen molar-refractivity contribution in [3.63, 3.8) is 0 Å². The summed E-state index contributed by atoms with van der Waals surface area (Å²) in [5.41, 5.74) is 1.01. The fourth-order valence-electron chi connectivity index (χ4n) is 2.49. The molecule has 2 rings (SSSR count). The summed E-state index contributed by atoms with van der Waals surface area (Å²) >= 11 is 0. The van der Waals surface area contributed by atoms with E-state index in [2.05, 4.69) is 4.90 Å². The number of morpholine rings is 1. The molecule has 0 aliphatic carbocycles. The van der Waals surface area contributed by atoms with E-state index in [1.165, 1.54) is 12.1 Å². The van der Waals surface area contributed by atoms with E-state index in [9.17, 15) is 9.18 Å². The van der Waals surface area contributed by atoms with Crippen LogP contribution in [0, 0.1) is 5.82 Å². The van der Waals surface area contributed by atoms with Crippen LogP contribution in [0.3, 0.4) is 0 Å². The summed E-state index contributed by atoms with van der Waals surface area (Å²) in [5, 5.41) is 9.02. The highest BCUT2D eigenvalue weighted by atomic mass is 19.1. The van der Waals surface area contributed by atoms with E-state index in [0.717, 1.165) is 12.0 Å². The van der Waals surface area contributed by atoms with Crippen molar-refractivity contribution >= 4 is 5.97 Å². The number of carbonyl (C=O) groups is 1. The molecule has 19 heavy (non-hydrogen) atoms. The molecule has 2 unspecified atom stereocenters. The Bertz CT molecular complexity index is 435. The molecule has 104 valence electrons. The highest BCUT2D eigenvalue weighted by molar-refractivity contribution is 5.72. The van der Waals surface area contributed by atoms with Crippen LogP contribution in [-0.4, -0.2) is 41.8 Å². The zero-order valence-electron chi connectivity index (χ0n) is 10.9. The molecule has 1 aromatic rings. The number of hydrogen-bond donors (Lipinski definition) is 1. The third-order valence-corrected chi connectivity index (χ3v) is 3.46. The van der Waals surface area contributed by atoms with Crippen LogP contribution in [0.2, 0.25) is 0 Å². The monoisotopic (exact) mass is 267 g/mol. The van der Waals surface area contributed by atoms with E-state index in [-0.39, 0.29) is 11.9 Å². The van der Waals surface area contributed by atoms with Crippen molar-refractivity contribution in [2.45, 2.75) is 25.5 Å². The van der Waals surface area contributed by atoms with Crippen LogP contribution in [0.15, 0.2) is 24.3 Å². The van der Waals surface area contributed by atoms with Crippen LogP contribution in [0.5, 0.6) is 0 Å². The summed E-state index contributed by atoms with van der Waals surface area (Å²) in [5.74, 6) is -1.19. The van der Waals surface area contributed by atoms with Gasteiger partial charge in [-0.15, -0.1) is 0 Å². The van der Waals surface area contributed by atoms with E-state index in [1.54, 1.807) is 12.1 Å². The fourth-order valence-corrected chi connectivity index (χ4v) is 2.49. The number of hydrogen-bond acceptors (Lipinski definition) is 3. The van der Waals surface area contributed by atoms with Gasteiger partial charge >= 0.3 is 5.97 Å². The molecule has 0 saturated carbocycles. The second-order valence-corrected chi connectivity index (χ2v) is 4.67. The van der Waals surface area contributed by atoms with Crippen molar-refractivity contribution in [2.24, 2.45) is 0 Å². The first-order chi connectivity index (χ1) is 9.11. The van der Waals surface area contributed by atoms with Gasteiger partial charge in [0.05, 0.1) is 6.61 Å². The minimum absolute atomic E-state index is 0.103. The average molecular weight is 267 g/mol. The lowest BCUT2D eigenvalue weighted by Gasteiger charge is -2.36. The third-order valence-electron chi connectivity index (χ3n) is 3.46. The summed E-state index contributed by atoms with van der Waals surface area (Å²) in [4.78, 5) is 13.1. The van der Waals surface area contributed by atoms with Crippen molar-refractivity contribution in [3.8, 4) is 0 Å². The van der Waals surface area contributed by atoms with E-state index >= 15 is 0 Å². The normalized spacial score (nSPS) is 22.1. The Morgan fingerprint density at radius 2 is 2.21 bits per heavy atom. The van der Waals surface area contributed by atoms with E-state index in [0.29, 0.717) is 19.7 Å². The highest BCUT2D eigenvalue weighted by Gasteiger charge is 2.30. The van der Waals surface area contributed by atoms with Gasteiger partial charge in [0.15, 0.2) is 6.10 Å². The van der Waals surface area contributed by atoms with E-state index < -0.39 is 12.1 Å². The Morgan fingerprint density at radius 1 is 1.53 bits per heavy atom.